The summed E-state index contributed by atoms with van der Waals surface area (Å²) < 4.78 is 20.5. The zero-order valence-electron chi connectivity index (χ0n) is 15.5. The highest BCUT2D eigenvalue weighted by atomic mass is 35.5. The van der Waals surface area contributed by atoms with Gasteiger partial charge < -0.3 is 9.72 Å². The molecule has 1 saturated carbocycles. The third kappa shape index (κ3) is 2.43. The lowest BCUT2D eigenvalue weighted by molar-refractivity contribution is 0.190. The topological polar surface area (TPSA) is 28.3 Å². The quantitative estimate of drug-likeness (QED) is 0.652. The Hall–Kier alpha value is -2.04. The van der Waals surface area contributed by atoms with Crippen LogP contribution in [0.25, 0.3) is 10.9 Å². The first-order chi connectivity index (χ1) is 13.1. The van der Waals surface area contributed by atoms with E-state index >= 15 is 0 Å². The van der Waals surface area contributed by atoms with E-state index in [0.29, 0.717) is 5.02 Å². The van der Waals surface area contributed by atoms with Crippen LogP contribution in [0.2, 0.25) is 5.02 Å². The van der Waals surface area contributed by atoms with E-state index in [4.69, 9.17) is 16.3 Å². The molecule has 2 heterocycles. The van der Waals surface area contributed by atoms with Gasteiger partial charge in [-0.1, -0.05) is 30.7 Å². The largest absolute Gasteiger partial charge is 0.496 e. The third-order valence-corrected chi connectivity index (χ3v) is 6.46. The van der Waals surface area contributed by atoms with Gasteiger partial charge in [0.1, 0.15) is 11.6 Å². The molecule has 3 nitrogen and oxygen atoms in total. The molecule has 140 valence electrons. The molecule has 0 saturated heterocycles. The molecule has 5 rings (SSSR count). The molecule has 1 N–H and O–H groups in total. The van der Waals surface area contributed by atoms with E-state index in [0.717, 1.165) is 53.8 Å². The Balaban J connectivity index is 1.80. The SMILES string of the molecule is CCN1CC2(CC2)c2c([nH]c3cccc(F)c23)[C@@H]1c1ccc(Cl)cc1OC. The molecule has 0 radical (unpaired) electrons. The van der Waals surface area contributed by atoms with Crippen LogP contribution in [0.3, 0.4) is 0 Å². The molecule has 1 atom stereocenters. The van der Waals surface area contributed by atoms with E-state index in [1.807, 2.05) is 24.3 Å². The summed E-state index contributed by atoms with van der Waals surface area (Å²) in [5.74, 6) is 0.630. The average Bonchev–Trinajstić information content (AvgIpc) is 3.31. The van der Waals surface area contributed by atoms with Crippen molar-refractivity contribution in [3.05, 3.63) is 64.1 Å². The first kappa shape index (κ1) is 17.1. The lowest BCUT2D eigenvalue weighted by Crippen LogP contribution is -2.41. The van der Waals surface area contributed by atoms with Gasteiger partial charge in [0.2, 0.25) is 0 Å². The minimum atomic E-state index is -0.136. The summed E-state index contributed by atoms with van der Waals surface area (Å²) in [6.45, 7) is 4.03. The molecule has 1 aliphatic heterocycles. The number of rotatable bonds is 3. The molecule has 5 heteroatoms. The molecule has 1 fully saturated rings. The maximum atomic E-state index is 14.8. The van der Waals surface area contributed by atoms with Gasteiger partial charge in [0, 0.05) is 39.1 Å². The highest BCUT2D eigenvalue weighted by molar-refractivity contribution is 6.30. The van der Waals surface area contributed by atoms with Crippen molar-refractivity contribution in [2.75, 3.05) is 20.2 Å². The summed E-state index contributed by atoms with van der Waals surface area (Å²) in [4.78, 5) is 6.03. The van der Waals surface area contributed by atoms with Crippen LogP contribution in [0.4, 0.5) is 4.39 Å². The predicted molar refractivity (Wildman–Crippen MR) is 106 cm³/mol. The van der Waals surface area contributed by atoms with Crippen molar-refractivity contribution in [2.24, 2.45) is 0 Å². The molecular formula is C22H22ClFN2O. The number of nitrogens with one attached hydrogen (secondary N) is 1. The number of methoxy groups -OCH3 is 1. The smallest absolute Gasteiger partial charge is 0.132 e. The van der Waals surface area contributed by atoms with Crippen molar-refractivity contribution in [2.45, 2.75) is 31.2 Å². The van der Waals surface area contributed by atoms with Gasteiger partial charge in [0.25, 0.3) is 0 Å². The van der Waals surface area contributed by atoms with Gasteiger partial charge in [-0.3, -0.25) is 4.90 Å². The van der Waals surface area contributed by atoms with E-state index < -0.39 is 0 Å². The molecule has 2 aliphatic rings. The summed E-state index contributed by atoms with van der Waals surface area (Å²) in [6, 6.07) is 11.1. The third-order valence-electron chi connectivity index (χ3n) is 6.23. The lowest BCUT2D eigenvalue weighted by atomic mass is 9.83. The van der Waals surface area contributed by atoms with Crippen LogP contribution < -0.4 is 4.74 Å². The fourth-order valence-electron chi connectivity index (χ4n) is 4.84. The van der Waals surface area contributed by atoms with Crippen LogP contribution in [0, 0.1) is 5.82 Å². The molecule has 1 aliphatic carbocycles. The second kappa shape index (κ2) is 5.98. The Labute approximate surface area is 163 Å². The molecule has 0 bridgehead atoms. The zero-order valence-corrected chi connectivity index (χ0v) is 16.2. The molecule has 2 aromatic carbocycles. The van der Waals surface area contributed by atoms with Crippen molar-refractivity contribution in [1.29, 1.82) is 0 Å². The van der Waals surface area contributed by atoms with Crippen molar-refractivity contribution >= 4 is 22.5 Å². The minimum absolute atomic E-state index is 0.00441. The summed E-state index contributed by atoms with van der Waals surface area (Å²) in [6.07, 6.45) is 2.23. The summed E-state index contributed by atoms with van der Waals surface area (Å²) >= 11 is 6.19. The number of ether oxygens (including phenoxy) is 1. The number of hydrogen-bond donors (Lipinski definition) is 1. The number of aromatic amines is 1. The number of nitrogens with zero attached hydrogens (tertiary/aromatic N) is 1. The van der Waals surface area contributed by atoms with Crippen molar-refractivity contribution in [3.8, 4) is 5.75 Å². The number of H-pyrrole nitrogens is 1. The van der Waals surface area contributed by atoms with Gasteiger partial charge in [0.15, 0.2) is 0 Å². The molecule has 27 heavy (non-hydrogen) atoms. The fraction of sp³-hybridized carbons (Fsp3) is 0.364. The number of likely N-dealkylation sites (N-methyl/N-ethyl adjacent to an activating group) is 1. The lowest BCUT2D eigenvalue weighted by Gasteiger charge is -2.40. The van der Waals surface area contributed by atoms with Gasteiger partial charge in [-0.15, -0.1) is 0 Å². The van der Waals surface area contributed by atoms with Crippen LogP contribution in [0.5, 0.6) is 5.75 Å². The van der Waals surface area contributed by atoms with Crippen LogP contribution in [0.15, 0.2) is 36.4 Å². The number of fused-ring (bicyclic) bond motifs is 4. The van der Waals surface area contributed by atoms with Gasteiger partial charge in [-0.25, -0.2) is 4.39 Å². The van der Waals surface area contributed by atoms with E-state index in [1.165, 1.54) is 5.56 Å². The first-order valence-corrected chi connectivity index (χ1v) is 9.84. The second-order valence-corrected chi connectivity index (χ2v) is 8.14. The molecule has 0 amide bonds. The number of halogens is 2. The van der Waals surface area contributed by atoms with Crippen molar-refractivity contribution in [3.63, 3.8) is 0 Å². The number of aromatic nitrogens is 1. The number of benzene rings is 2. The molecular weight excluding hydrogens is 363 g/mol. The van der Waals surface area contributed by atoms with Crippen molar-refractivity contribution in [1.82, 2.24) is 9.88 Å². The number of hydrogen-bond acceptors (Lipinski definition) is 2. The highest BCUT2D eigenvalue weighted by Gasteiger charge is 2.54. The molecule has 0 unspecified atom stereocenters. The van der Waals surface area contributed by atoms with E-state index in [-0.39, 0.29) is 17.3 Å². The summed E-state index contributed by atoms with van der Waals surface area (Å²) in [5, 5.41) is 1.41. The Morgan fingerprint density at radius 1 is 1.30 bits per heavy atom. The summed E-state index contributed by atoms with van der Waals surface area (Å²) in [7, 11) is 1.67. The van der Waals surface area contributed by atoms with Crippen LogP contribution in [0.1, 0.15) is 42.6 Å². The van der Waals surface area contributed by atoms with Gasteiger partial charge in [0.05, 0.1) is 13.2 Å². The predicted octanol–water partition coefficient (Wildman–Crippen LogP) is 5.43. The maximum Gasteiger partial charge on any atom is 0.132 e. The fourth-order valence-corrected chi connectivity index (χ4v) is 5.00. The Kier molecular flexibility index (Phi) is 3.78. The average molecular weight is 385 g/mol. The standard InChI is InChI=1S/C22H22ClFN2O/c1-3-26-12-22(9-10-22)19-18-15(24)5-4-6-16(18)25-20(19)21(26)14-8-7-13(23)11-17(14)27-2/h4-8,11,21,25H,3,9-10,12H2,1-2H3/t21-/m0/s1. The first-order valence-electron chi connectivity index (χ1n) is 9.46. The van der Waals surface area contributed by atoms with Gasteiger partial charge >= 0.3 is 0 Å². The minimum Gasteiger partial charge on any atom is -0.496 e. The van der Waals surface area contributed by atoms with Gasteiger partial charge in [-0.05, 0) is 49.2 Å². The van der Waals surface area contributed by atoms with E-state index in [9.17, 15) is 4.39 Å². The molecule has 3 aromatic rings. The van der Waals surface area contributed by atoms with Crippen LogP contribution in [-0.2, 0) is 5.41 Å². The van der Waals surface area contributed by atoms with E-state index in [1.54, 1.807) is 19.2 Å². The Morgan fingerprint density at radius 3 is 2.81 bits per heavy atom. The van der Waals surface area contributed by atoms with Crippen molar-refractivity contribution < 1.29 is 9.13 Å². The second-order valence-electron chi connectivity index (χ2n) is 7.71. The van der Waals surface area contributed by atoms with Gasteiger partial charge in [-0.2, -0.15) is 0 Å². The molecule has 1 spiro atoms. The van der Waals surface area contributed by atoms with Crippen LogP contribution >= 0.6 is 11.6 Å². The Morgan fingerprint density at radius 2 is 2.11 bits per heavy atom. The highest BCUT2D eigenvalue weighted by Crippen LogP contribution is 2.58. The zero-order chi connectivity index (χ0) is 18.8. The monoisotopic (exact) mass is 384 g/mol. The maximum absolute atomic E-state index is 14.8. The summed E-state index contributed by atoms with van der Waals surface area (Å²) in [5.41, 5.74) is 4.28. The molecule has 1 aromatic heterocycles. The Bertz CT molecular complexity index is 1040. The van der Waals surface area contributed by atoms with E-state index in [2.05, 4.69) is 16.8 Å². The van der Waals surface area contributed by atoms with Crippen LogP contribution in [-0.4, -0.2) is 30.1 Å². The normalized spacial score (nSPS) is 20.8.